The lowest BCUT2D eigenvalue weighted by molar-refractivity contribution is -0.154. The zero-order valence-electron chi connectivity index (χ0n) is 25.3. The lowest BCUT2D eigenvalue weighted by atomic mass is 10.1. The van der Waals surface area contributed by atoms with Crippen LogP contribution in [0.15, 0.2) is 101 Å². The van der Waals surface area contributed by atoms with E-state index in [2.05, 4.69) is 0 Å². The predicted molar refractivity (Wildman–Crippen MR) is 176 cm³/mol. The topological polar surface area (TPSA) is 80.6 Å². The van der Waals surface area contributed by atoms with Crippen LogP contribution in [0.4, 0.5) is 0 Å². The molecule has 2 aliphatic heterocycles. The summed E-state index contributed by atoms with van der Waals surface area (Å²) in [5.74, 6) is 0.690. The van der Waals surface area contributed by atoms with Crippen molar-refractivity contribution in [2.45, 2.75) is 58.5 Å². The molecule has 0 saturated carbocycles. The van der Waals surface area contributed by atoms with Crippen molar-refractivity contribution in [1.29, 1.82) is 0 Å². The molecule has 0 aliphatic carbocycles. The highest BCUT2D eigenvalue weighted by Gasteiger charge is 2.35. The van der Waals surface area contributed by atoms with E-state index in [1.54, 1.807) is 29.3 Å². The van der Waals surface area contributed by atoms with E-state index in [-0.39, 0.29) is 11.9 Å². The van der Waals surface area contributed by atoms with E-state index in [0.29, 0.717) is 47.5 Å². The van der Waals surface area contributed by atoms with E-state index in [1.165, 1.54) is 0 Å². The maximum Gasteiger partial charge on any atom is 0.306 e. The molecule has 0 saturated heterocycles. The predicted octanol–water partition coefficient (Wildman–Crippen LogP) is 7.90. The average molecular weight is 610 g/mol. The van der Waals surface area contributed by atoms with Crippen LogP contribution in [0.5, 0.6) is 5.75 Å². The van der Waals surface area contributed by atoms with Crippen molar-refractivity contribution in [3.8, 4) is 5.75 Å². The van der Waals surface area contributed by atoms with Gasteiger partial charge in [0.15, 0.2) is 5.84 Å². The Morgan fingerprint density at radius 3 is 2.36 bits per heavy atom. The number of carbonyl (C=O) groups excluding carboxylic acids is 2. The second kappa shape index (κ2) is 13.9. The molecule has 0 N–H and O–H groups in total. The van der Waals surface area contributed by atoms with Gasteiger partial charge in [-0.15, -0.1) is 0 Å². The highest BCUT2D eigenvalue weighted by atomic mass is 35.5. The molecule has 0 spiro atoms. The van der Waals surface area contributed by atoms with Crippen molar-refractivity contribution in [3.05, 3.63) is 112 Å². The van der Waals surface area contributed by atoms with Crippen molar-refractivity contribution in [2.75, 3.05) is 6.61 Å². The van der Waals surface area contributed by atoms with Gasteiger partial charge in [0.1, 0.15) is 17.0 Å². The fourth-order valence-corrected chi connectivity index (χ4v) is 5.10. The van der Waals surface area contributed by atoms with E-state index < -0.39 is 5.60 Å². The quantitative estimate of drug-likeness (QED) is 0.126. The molecular weight excluding hydrogens is 574 g/mol. The molecule has 3 aromatic carbocycles. The Morgan fingerprint density at radius 1 is 0.932 bits per heavy atom. The van der Waals surface area contributed by atoms with E-state index in [9.17, 15) is 9.59 Å². The van der Waals surface area contributed by atoms with Crippen molar-refractivity contribution < 1.29 is 19.1 Å². The van der Waals surface area contributed by atoms with Crippen molar-refractivity contribution in [2.24, 2.45) is 9.98 Å². The summed E-state index contributed by atoms with van der Waals surface area (Å²) in [5.41, 5.74) is 4.02. The first kappa shape index (κ1) is 31.0. The molecule has 0 atom stereocenters. The van der Waals surface area contributed by atoms with Crippen LogP contribution in [0.2, 0.25) is 5.02 Å². The number of halogens is 1. The second-order valence-corrected chi connectivity index (χ2v) is 12.1. The van der Waals surface area contributed by atoms with Gasteiger partial charge in [-0.1, -0.05) is 78.3 Å². The highest BCUT2D eigenvalue weighted by molar-refractivity contribution is 6.48. The lowest BCUT2D eigenvalue weighted by Gasteiger charge is -2.21. The maximum atomic E-state index is 13.6. The Morgan fingerprint density at radius 2 is 1.66 bits per heavy atom. The summed E-state index contributed by atoms with van der Waals surface area (Å²) in [6.07, 6.45) is 6.80. The number of aliphatic imine (C=N–C) groups is 2. The summed E-state index contributed by atoms with van der Waals surface area (Å²) < 4.78 is 11.2. The number of esters is 1. The number of rotatable bonds is 11. The van der Waals surface area contributed by atoms with Crippen molar-refractivity contribution >= 4 is 46.8 Å². The molecule has 0 unspecified atom stereocenters. The van der Waals surface area contributed by atoms with E-state index in [1.807, 2.05) is 87.5 Å². The SMILES string of the molecule is CC(C)(C)OC(=O)CCCCCOc1ccc(/C=C2\N=C3C(Cc4ccccc4)=NC(c4ccccc4)=CN3C2=O)cc1Cl. The second-order valence-electron chi connectivity index (χ2n) is 11.7. The first-order valence-electron chi connectivity index (χ1n) is 14.8. The van der Waals surface area contributed by atoms with Crippen LogP contribution in [0.1, 0.15) is 63.1 Å². The van der Waals surface area contributed by atoms with Gasteiger partial charge in [0, 0.05) is 24.6 Å². The van der Waals surface area contributed by atoms with Gasteiger partial charge in [0.25, 0.3) is 5.91 Å². The Bertz CT molecular complexity index is 1640. The molecule has 1 amide bonds. The Balaban J connectivity index is 1.25. The first-order chi connectivity index (χ1) is 21.2. The van der Waals surface area contributed by atoms with Crippen LogP contribution < -0.4 is 4.74 Å². The minimum Gasteiger partial charge on any atom is -0.492 e. The van der Waals surface area contributed by atoms with Crippen LogP contribution in [0, 0.1) is 0 Å². The number of amides is 1. The first-order valence-corrected chi connectivity index (χ1v) is 15.2. The maximum absolute atomic E-state index is 13.6. The van der Waals surface area contributed by atoms with Gasteiger partial charge in [-0.3, -0.25) is 14.5 Å². The molecule has 5 rings (SSSR count). The fraction of sp³-hybridized carbons (Fsp3) is 0.278. The van der Waals surface area contributed by atoms with Crippen LogP contribution >= 0.6 is 11.6 Å². The molecule has 0 radical (unpaired) electrons. The summed E-state index contributed by atoms with van der Waals surface area (Å²) in [5, 5.41) is 0.446. The van der Waals surface area contributed by atoms with Gasteiger partial charge in [-0.05, 0) is 69.4 Å². The number of hydrogen-bond acceptors (Lipinski definition) is 6. The van der Waals surface area contributed by atoms with Crippen LogP contribution in [0.25, 0.3) is 11.8 Å². The monoisotopic (exact) mass is 609 g/mol. The summed E-state index contributed by atoms with van der Waals surface area (Å²) in [6.45, 7) is 6.08. The molecule has 226 valence electrons. The summed E-state index contributed by atoms with van der Waals surface area (Å²) in [7, 11) is 0. The number of carbonyl (C=O) groups is 2. The fourth-order valence-electron chi connectivity index (χ4n) is 4.86. The van der Waals surface area contributed by atoms with E-state index in [4.69, 9.17) is 31.1 Å². The third kappa shape index (κ3) is 8.11. The molecule has 3 aromatic rings. The van der Waals surface area contributed by atoms with Gasteiger partial charge >= 0.3 is 5.97 Å². The highest BCUT2D eigenvalue weighted by Crippen LogP contribution is 2.31. The number of nitrogens with zero attached hydrogens (tertiary/aromatic N) is 3. The molecule has 7 nitrogen and oxygen atoms in total. The molecule has 0 bridgehead atoms. The molecule has 0 aromatic heterocycles. The smallest absolute Gasteiger partial charge is 0.306 e. The van der Waals surface area contributed by atoms with Crippen LogP contribution in [-0.4, -0.2) is 40.5 Å². The largest absolute Gasteiger partial charge is 0.492 e. The van der Waals surface area contributed by atoms with E-state index in [0.717, 1.165) is 41.7 Å². The number of unbranched alkanes of at least 4 members (excludes halogenated alkanes) is 2. The lowest BCUT2D eigenvalue weighted by Crippen LogP contribution is -2.36. The molecule has 2 aliphatic rings. The van der Waals surface area contributed by atoms with Gasteiger partial charge in [-0.2, -0.15) is 0 Å². The van der Waals surface area contributed by atoms with Crippen molar-refractivity contribution in [1.82, 2.24) is 4.90 Å². The third-order valence-electron chi connectivity index (χ3n) is 6.90. The average Bonchev–Trinajstić information content (AvgIpc) is 3.31. The minimum absolute atomic E-state index is 0.180. The van der Waals surface area contributed by atoms with Gasteiger partial charge in [0.05, 0.1) is 23.0 Å². The van der Waals surface area contributed by atoms with Gasteiger partial charge in [-0.25, -0.2) is 9.98 Å². The van der Waals surface area contributed by atoms with E-state index >= 15 is 0 Å². The summed E-state index contributed by atoms with van der Waals surface area (Å²) in [6, 6.07) is 25.2. The minimum atomic E-state index is -0.463. The third-order valence-corrected chi connectivity index (χ3v) is 7.20. The zero-order chi connectivity index (χ0) is 31.1. The molecule has 8 heteroatoms. The number of hydrogen-bond donors (Lipinski definition) is 0. The molecule has 0 fully saturated rings. The number of benzene rings is 3. The molecule has 44 heavy (non-hydrogen) atoms. The van der Waals surface area contributed by atoms with Gasteiger partial charge < -0.3 is 9.47 Å². The zero-order valence-corrected chi connectivity index (χ0v) is 26.0. The van der Waals surface area contributed by atoms with Crippen LogP contribution in [-0.2, 0) is 20.7 Å². The Hall–Kier alpha value is -4.49. The summed E-state index contributed by atoms with van der Waals surface area (Å²) in [4.78, 5) is 36.7. The van der Waals surface area contributed by atoms with Crippen LogP contribution in [0.3, 0.4) is 0 Å². The Labute approximate surface area is 263 Å². The Kier molecular flexibility index (Phi) is 9.75. The number of ether oxygens (including phenoxy) is 2. The molecular formula is C36H36ClN3O4. The number of amidine groups is 1. The van der Waals surface area contributed by atoms with Crippen molar-refractivity contribution in [3.63, 3.8) is 0 Å². The standard InChI is InChI=1S/C36H36ClN3O4/c1-36(2,3)44-33(41)17-11-6-12-20-43-32-19-18-26(21-28(32)37)23-30-35(42)40-24-31(27-15-9-5-10-16-27)38-29(34(40)39-30)22-25-13-7-4-8-14-25/h4-5,7-10,13-16,18-19,21,23-24H,6,11-12,17,20,22H2,1-3H3/b30-23-. The summed E-state index contributed by atoms with van der Waals surface area (Å²) >= 11 is 6.54. The normalized spacial score (nSPS) is 15.5. The van der Waals surface area contributed by atoms with Gasteiger partial charge in [0.2, 0.25) is 0 Å². The molecule has 2 heterocycles. The number of fused-ring (bicyclic) bond motifs is 1.